The van der Waals surface area contributed by atoms with Crippen LogP contribution in [-0.4, -0.2) is 67.1 Å². The monoisotopic (exact) mass is 448 g/mol. The number of rotatable bonds is 4. The van der Waals surface area contributed by atoms with Crippen LogP contribution in [0.3, 0.4) is 0 Å². The van der Waals surface area contributed by atoms with E-state index in [1.165, 1.54) is 0 Å². The van der Waals surface area contributed by atoms with Gasteiger partial charge in [0.05, 0.1) is 5.56 Å². The van der Waals surface area contributed by atoms with Gasteiger partial charge in [-0.1, -0.05) is 18.2 Å². The van der Waals surface area contributed by atoms with E-state index < -0.39 is 54.2 Å². The van der Waals surface area contributed by atoms with Gasteiger partial charge in [0.25, 0.3) is 0 Å². The van der Waals surface area contributed by atoms with Crippen LogP contribution >= 0.6 is 0 Å². The lowest BCUT2D eigenvalue weighted by Gasteiger charge is -2.43. The van der Waals surface area contributed by atoms with E-state index in [4.69, 9.17) is 33.2 Å². The number of ether oxygens (including phenoxy) is 7. The largest absolute Gasteiger partial charge is 0.453 e. The van der Waals surface area contributed by atoms with Gasteiger partial charge in [-0.3, -0.25) is 0 Å². The Morgan fingerprint density at radius 2 is 1.41 bits per heavy atom. The summed E-state index contributed by atoms with van der Waals surface area (Å²) in [6.45, 7) is 8.05. The molecule has 1 aliphatic carbocycles. The first-order valence-electron chi connectivity index (χ1n) is 11.5. The van der Waals surface area contributed by atoms with E-state index in [0.717, 1.165) is 19.3 Å². The molecule has 3 aliphatic heterocycles. The van der Waals surface area contributed by atoms with Gasteiger partial charge >= 0.3 is 5.97 Å². The zero-order valence-electron chi connectivity index (χ0n) is 19.0. The van der Waals surface area contributed by atoms with Gasteiger partial charge in [-0.2, -0.15) is 0 Å². The molecule has 0 bridgehead atoms. The molecule has 1 aromatic rings. The lowest BCUT2D eigenvalue weighted by molar-refractivity contribution is -0.254. The van der Waals surface area contributed by atoms with Crippen molar-refractivity contribution < 1.29 is 38.0 Å². The Morgan fingerprint density at radius 1 is 0.844 bits per heavy atom. The summed E-state index contributed by atoms with van der Waals surface area (Å²) in [7, 11) is 0. The normalized spacial score (nSPS) is 39.8. The van der Waals surface area contributed by atoms with Gasteiger partial charge in [-0.05, 0) is 59.1 Å². The van der Waals surface area contributed by atoms with Crippen molar-refractivity contribution in [3.63, 3.8) is 0 Å². The van der Waals surface area contributed by atoms with Crippen LogP contribution in [0.25, 0.3) is 0 Å². The number of fused-ring (bicyclic) bond motifs is 2. The van der Waals surface area contributed by atoms with E-state index in [-0.39, 0.29) is 6.29 Å². The number of carbonyl (C=O) groups excluding carboxylic acids is 1. The van der Waals surface area contributed by atoms with Gasteiger partial charge in [0, 0.05) is 6.61 Å². The van der Waals surface area contributed by atoms with Gasteiger partial charge in [0.1, 0.15) is 30.5 Å². The van der Waals surface area contributed by atoms with Crippen molar-refractivity contribution in [3.8, 4) is 0 Å². The summed E-state index contributed by atoms with van der Waals surface area (Å²) in [5, 5.41) is 0. The second-order valence-electron chi connectivity index (χ2n) is 9.76. The molecule has 1 aromatic carbocycles. The van der Waals surface area contributed by atoms with Gasteiger partial charge in [0.15, 0.2) is 24.0 Å². The van der Waals surface area contributed by atoms with Gasteiger partial charge in [-0.15, -0.1) is 0 Å². The summed E-state index contributed by atoms with van der Waals surface area (Å²) in [5.74, 6) is -2.17. The summed E-state index contributed by atoms with van der Waals surface area (Å²) >= 11 is 0. The highest BCUT2D eigenvalue weighted by atomic mass is 16.8. The minimum Gasteiger partial charge on any atom is -0.453 e. The summed E-state index contributed by atoms with van der Waals surface area (Å²) in [5.41, 5.74) is 0.464. The Bertz CT molecular complexity index is 787. The molecule has 0 aromatic heterocycles. The van der Waals surface area contributed by atoms with Crippen molar-refractivity contribution in [1.29, 1.82) is 0 Å². The molecule has 1 saturated carbocycles. The van der Waals surface area contributed by atoms with Crippen molar-refractivity contribution in [2.45, 2.75) is 101 Å². The summed E-state index contributed by atoms with van der Waals surface area (Å²) in [4.78, 5) is 12.9. The third kappa shape index (κ3) is 4.32. The van der Waals surface area contributed by atoms with Crippen molar-refractivity contribution in [2.24, 2.45) is 0 Å². The molecule has 5 rings (SSSR count). The zero-order valence-corrected chi connectivity index (χ0v) is 19.0. The minimum absolute atomic E-state index is 0.335. The van der Waals surface area contributed by atoms with E-state index in [1.807, 2.05) is 33.8 Å². The van der Waals surface area contributed by atoms with E-state index in [0.29, 0.717) is 12.2 Å². The molecule has 3 saturated heterocycles. The van der Waals surface area contributed by atoms with Crippen molar-refractivity contribution in [2.75, 3.05) is 6.61 Å². The summed E-state index contributed by atoms with van der Waals surface area (Å²) in [6, 6.07) is 8.89. The highest BCUT2D eigenvalue weighted by Crippen LogP contribution is 2.47. The topological polar surface area (TPSA) is 81.7 Å². The molecule has 176 valence electrons. The number of hydrogen-bond donors (Lipinski definition) is 0. The van der Waals surface area contributed by atoms with Gasteiger partial charge in [0.2, 0.25) is 0 Å². The first kappa shape index (κ1) is 22.3. The first-order chi connectivity index (χ1) is 15.2. The van der Waals surface area contributed by atoms with Gasteiger partial charge in [-0.25, -0.2) is 4.79 Å². The van der Waals surface area contributed by atoms with Crippen LogP contribution in [-0.2, 0) is 33.2 Å². The molecule has 0 unspecified atom stereocenters. The molecule has 3 heterocycles. The molecule has 8 nitrogen and oxygen atoms in total. The van der Waals surface area contributed by atoms with E-state index in [9.17, 15) is 4.79 Å². The highest BCUT2D eigenvalue weighted by Gasteiger charge is 2.65. The van der Waals surface area contributed by atoms with Crippen molar-refractivity contribution in [3.05, 3.63) is 35.9 Å². The Hall–Kier alpha value is -1.55. The van der Waals surface area contributed by atoms with Crippen LogP contribution in [0.15, 0.2) is 30.3 Å². The fourth-order valence-corrected chi connectivity index (χ4v) is 5.07. The van der Waals surface area contributed by atoms with E-state index in [2.05, 4.69) is 0 Å². The average molecular weight is 449 g/mol. The molecular formula is C24H32O8. The standard InChI is InChI=1S/C24H32O8/c1-23(2)29-18-16(27-15-12-8-9-13-26-15)19-21(32-24(3,4)30-19)17(20(18)31-23)28-22(25)14-10-6-5-7-11-14/h5-7,10-11,15-21H,8-9,12-13H2,1-4H3/t15-,16?,17?,18-,19-,20+,21+/m1/s1. The number of hydrogen-bond acceptors (Lipinski definition) is 8. The predicted octanol–water partition coefficient (Wildman–Crippen LogP) is 3.18. The fourth-order valence-electron chi connectivity index (χ4n) is 5.07. The maximum absolute atomic E-state index is 12.9. The third-order valence-electron chi connectivity index (χ3n) is 6.32. The summed E-state index contributed by atoms with van der Waals surface area (Å²) < 4.78 is 43.3. The predicted molar refractivity (Wildman–Crippen MR) is 112 cm³/mol. The fraction of sp³-hybridized carbons (Fsp3) is 0.708. The maximum atomic E-state index is 12.9. The second kappa shape index (κ2) is 8.34. The lowest BCUT2D eigenvalue weighted by atomic mass is 9.84. The van der Waals surface area contributed by atoms with Crippen LogP contribution in [0.5, 0.6) is 0 Å². The Labute approximate surface area is 188 Å². The van der Waals surface area contributed by atoms with Crippen molar-refractivity contribution in [1.82, 2.24) is 0 Å². The summed E-state index contributed by atoms with van der Waals surface area (Å²) in [6.07, 6.45) is -0.774. The van der Waals surface area contributed by atoms with Crippen LogP contribution < -0.4 is 0 Å². The number of carbonyl (C=O) groups is 1. The molecule has 0 spiro atoms. The Kier molecular flexibility index (Phi) is 5.80. The van der Waals surface area contributed by atoms with Crippen molar-refractivity contribution >= 4 is 5.97 Å². The molecule has 0 radical (unpaired) electrons. The molecule has 0 N–H and O–H groups in total. The maximum Gasteiger partial charge on any atom is 0.338 e. The molecule has 8 heteroatoms. The zero-order chi connectivity index (χ0) is 22.5. The molecule has 4 aliphatic rings. The number of esters is 1. The number of benzene rings is 1. The molecular weight excluding hydrogens is 416 g/mol. The van der Waals surface area contributed by atoms with Gasteiger partial charge < -0.3 is 33.2 Å². The first-order valence-corrected chi connectivity index (χ1v) is 11.5. The van der Waals surface area contributed by atoms with Crippen LogP contribution in [0.4, 0.5) is 0 Å². The van der Waals surface area contributed by atoms with E-state index in [1.54, 1.807) is 24.3 Å². The second-order valence-corrected chi connectivity index (χ2v) is 9.76. The smallest absolute Gasteiger partial charge is 0.338 e. The quantitative estimate of drug-likeness (QED) is 0.650. The lowest BCUT2D eigenvalue weighted by Crippen LogP contribution is -2.64. The minimum atomic E-state index is -0.865. The van der Waals surface area contributed by atoms with Crippen LogP contribution in [0.2, 0.25) is 0 Å². The SMILES string of the molecule is CC1(C)O[C@@H]2C(O[C@@H]3CCCCO3)[C@H]3OC(C)(C)O[C@H]3C(OC(=O)c3ccccc3)[C@@H]2O1. The Morgan fingerprint density at radius 3 is 1.94 bits per heavy atom. The van der Waals surface area contributed by atoms with Crippen LogP contribution in [0.1, 0.15) is 57.3 Å². The van der Waals surface area contributed by atoms with Crippen LogP contribution in [0, 0.1) is 0 Å². The van der Waals surface area contributed by atoms with E-state index >= 15 is 0 Å². The highest BCUT2D eigenvalue weighted by molar-refractivity contribution is 5.89. The third-order valence-corrected chi connectivity index (χ3v) is 6.32. The average Bonchev–Trinajstić information content (AvgIpc) is 3.26. The molecule has 5 atom stereocenters. The molecule has 4 fully saturated rings. The molecule has 0 amide bonds. The Balaban J connectivity index is 1.45. The molecule has 32 heavy (non-hydrogen) atoms.